The molecule has 1 unspecified atom stereocenters. The van der Waals surface area contributed by atoms with E-state index in [2.05, 4.69) is 45.3 Å². The first kappa shape index (κ1) is 38.4. The van der Waals surface area contributed by atoms with E-state index in [-0.39, 0.29) is 40.4 Å². The molecule has 3 saturated carbocycles. The van der Waals surface area contributed by atoms with Gasteiger partial charge in [-0.05, 0) is 80.2 Å². The van der Waals surface area contributed by atoms with Crippen molar-refractivity contribution in [3.8, 4) is 17.1 Å². The molecule has 8 rings (SSSR count). The minimum absolute atomic E-state index is 0.0566. The van der Waals surface area contributed by atoms with Gasteiger partial charge in [0, 0.05) is 55.0 Å². The van der Waals surface area contributed by atoms with Crippen LogP contribution in [0.2, 0.25) is 0 Å². The lowest BCUT2D eigenvalue weighted by Gasteiger charge is -2.63. The second-order valence-corrected chi connectivity index (χ2v) is 18.0. The summed E-state index contributed by atoms with van der Waals surface area (Å²) in [4.78, 5) is 30.4. The molecule has 0 spiro atoms. The molecule has 1 atom stereocenters. The Bertz CT molecular complexity index is 2350. The van der Waals surface area contributed by atoms with Gasteiger partial charge >= 0.3 is 5.97 Å². The second-order valence-electron chi connectivity index (χ2n) is 16.3. The van der Waals surface area contributed by atoms with Gasteiger partial charge in [0.1, 0.15) is 12.1 Å². The molecule has 3 aliphatic carbocycles. The van der Waals surface area contributed by atoms with Crippen molar-refractivity contribution in [1.82, 2.24) is 29.8 Å². The zero-order valence-corrected chi connectivity index (χ0v) is 33.2. The third kappa shape index (κ3) is 7.80. The van der Waals surface area contributed by atoms with Crippen LogP contribution in [0.15, 0.2) is 59.6 Å². The molecular weight excluding hydrogens is 719 g/mol. The van der Waals surface area contributed by atoms with Crippen LogP contribution in [-0.4, -0.2) is 63.8 Å². The standard InChI is InChI=1S/C41H49N7O6S/c1-24-10-8-11-25(2)34(24)32-15-33(46-39(45-32)47-55(51,52)30-13-9-12-27(14-30)38(49)50)54-22-28(19-41-16-26(17-41)18-41)42-20-29-21-43-35-31(23-53-7)36(40(3,4)5)48(6)37(35)44-29/h8-15,21,26,28,42H,16-20,22-23H2,1-7H3,(H,49,50)(H,45,46,47). The number of aryl methyl sites for hydroxylation is 3. The van der Waals surface area contributed by atoms with Crippen molar-refractivity contribution in [3.05, 3.63) is 88.4 Å². The molecule has 5 aromatic rings. The topological polar surface area (TPSA) is 170 Å². The van der Waals surface area contributed by atoms with E-state index in [1.807, 2.05) is 45.3 Å². The number of aromatic carboxylic acids is 1. The fourth-order valence-corrected chi connectivity index (χ4v) is 9.52. The zero-order valence-electron chi connectivity index (χ0n) is 32.4. The zero-order chi connectivity index (χ0) is 39.3. The summed E-state index contributed by atoms with van der Waals surface area (Å²) in [5.74, 6) is -0.395. The molecule has 2 bridgehead atoms. The lowest BCUT2D eigenvalue weighted by Crippen LogP contribution is -2.55. The van der Waals surface area contributed by atoms with Crippen LogP contribution in [0.4, 0.5) is 5.95 Å². The maximum Gasteiger partial charge on any atom is 0.335 e. The first-order chi connectivity index (χ1) is 26.1. The molecule has 290 valence electrons. The predicted molar refractivity (Wildman–Crippen MR) is 210 cm³/mol. The number of nitrogens with one attached hydrogen (secondary N) is 2. The minimum atomic E-state index is -4.25. The second kappa shape index (κ2) is 14.6. The van der Waals surface area contributed by atoms with E-state index < -0.39 is 16.0 Å². The summed E-state index contributed by atoms with van der Waals surface area (Å²) in [6, 6.07) is 12.7. The minimum Gasteiger partial charge on any atom is -0.478 e. The maximum atomic E-state index is 13.5. The van der Waals surface area contributed by atoms with Crippen molar-refractivity contribution in [3.63, 3.8) is 0 Å². The van der Waals surface area contributed by atoms with Gasteiger partial charge in [-0.15, -0.1) is 0 Å². The highest BCUT2D eigenvalue weighted by Crippen LogP contribution is 2.66. The smallest absolute Gasteiger partial charge is 0.335 e. The molecule has 0 saturated heterocycles. The number of fused-ring (bicyclic) bond motifs is 1. The van der Waals surface area contributed by atoms with Crippen LogP contribution in [0.3, 0.4) is 0 Å². The predicted octanol–water partition coefficient (Wildman–Crippen LogP) is 6.71. The highest BCUT2D eigenvalue weighted by Gasteiger charge is 2.56. The third-order valence-electron chi connectivity index (χ3n) is 10.9. The van der Waals surface area contributed by atoms with E-state index in [1.54, 1.807) is 13.2 Å². The summed E-state index contributed by atoms with van der Waals surface area (Å²) >= 11 is 0. The number of benzene rings is 2. The van der Waals surface area contributed by atoms with Crippen LogP contribution in [0.5, 0.6) is 5.88 Å². The molecule has 0 amide bonds. The van der Waals surface area contributed by atoms with E-state index in [1.165, 1.54) is 37.5 Å². The van der Waals surface area contributed by atoms with Crippen molar-refractivity contribution in [2.45, 2.75) is 89.8 Å². The molecule has 3 aliphatic rings. The number of carboxylic acid groups (broad SMARTS) is 1. The van der Waals surface area contributed by atoms with Crippen molar-refractivity contribution in [1.29, 1.82) is 0 Å². The number of carbonyl (C=O) groups is 1. The van der Waals surface area contributed by atoms with Crippen LogP contribution in [0, 0.1) is 25.2 Å². The summed E-state index contributed by atoms with van der Waals surface area (Å²) in [6.45, 7) is 11.7. The summed E-state index contributed by atoms with van der Waals surface area (Å²) in [7, 11) is -0.525. The van der Waals surface area contributed by atoms with Crippen molar-refractivity contribution in [2.24, 2.45) is 18.4 Å². The fraction of sp³-hybridized carbons (Fsp3) is 0.439. The fourth-order valence-electron chi connectivity index (χ4n) is 8.53. The largest absolute Gasteiger partial charge is 0.478 e. The van der Waals surface area contributed by atoms with E-state index in [0.29, 0.717) is 24.3 Å². The highest BCUT2D eigenvalue weighted by molar-refractivity contribution is 7.92. The first-order valence-corrected chi connectivity index (χ1v) is 20.0. The number of methoxy groups -OCH3 is 1. The average molecular weight is 768 g/mol. The van der Waals surface area contributed by atoms with E-state index in [4.69, 9.17) is 19.4 Å². The summed E-state index contributed by atoms with van der Waals surface area (Å²) in [5, 5.41) is 13.2. The van der Waals surface area contributed by atoms with Crippen LogP contribution in [0.25, 0.3) is 22.4 Å². The molecule has 3 aromatic heterocycles. The van der Waals surface area contributed by atoms with E-state index in [9.17, 15) is 18.3 Å². The number of hydrogen-bond acceptors (Lipinski definition) is 10. The van der Waals surface area contributed by atoms with Gasteiger partial charge < -0.3 is 24.5 Å². The Balaban J connectivity index is 1.16. The van der Waals surface area contributed by atoms with Crippen LogP contribution in [0.1, 0.15) is 84.9 Å². The SMILES string of the molecule is COCc1c(C(C)(C)C)n(C)c2nc(CNC(COc3cc(-c4c(C)cccc4C)nc(NS(=O)(=O)c4cccc(C(=O)O)c4)n3)CC34CC(C3)C4)cnc12. The van der Waals surface area contributed by atoms with E-state index in [0.717, 1.165) is 63.2 Å². The van der Waals surface area contributed by atoms with Gasteiger partial charge in [-0.2, -0.15) is 4.98 Å². The Labute approximate surface area is 322 Å². The molecule has 3 heterocycles. The Morgan fingerprint density at radius 3 is 2.40 bits per heavy atom. The summed E-state index contributed by atoms with van der Waals surface area (Å²) in [5.41, 5.74) is 7.92. The Morgan fingerprint density at radius 1 is 1.05 bits per heavy atom. The van der Waals surface area contributed by atoms with Crippen molar-refractivity contribution < 1.29 is 27.8 Å². The van der Waals surface area contributed by atoms with Gasteiger partial charge in [0.15, 0.2) is 5.65 Å². The molecule has 3 fully saturated rings. The number of hydrogen-bond donors (Lipinski definition) is 3. The number of anilines is 1. The lowest BCUT2D eigenvalue weighted by molar-refractivity contribution is -0.119. The monoisotopic (exact) mass is 767 g/mol. The maximum absolute atomic E-state index is 13.5. The third-order valence-corrected chi connectivity index (χ3v) is 12.3. The van der Waals surface area contributed by atoms with Gasteiger partial charge in [-0.3, -0.25) is 4.98 Å². The number of sulfonamides is 1. The molecular formula is C41H49N7O6S. The van der Waals surface area contributed by atoms with Gasteiger partial charge in [0.05, 0.1) is 34.7 Å². The van der Waals surface area contributed by atoms with Gasteiger partial charge in [0.2, 0.25) is 11.8 Å². The number of nitrogens with zero attached hydrogens (tertiary/aromatic N) is 5. The number of rotatable bonds is 15. The first-order valence-electron chi connectivity index (χ1n) is 18.6. The molecule has 13 nitrogen and oxygen atoms in total. The van der Waals surface area contributed by atoms with Gasteiger partial charge in [-0.1, -0.05) is 45.0 Å². The van der Waals surface area contributed by atoms with Gasteiger partial charge in [0.25, 0.3) is 10.0 Å². The highest BCUT2D eigenvalue weighted by atomic mass is 32.2. The summed E-state index contributed by atoms with van der Waals surface area (Å²) < 4.78 is 43.6. The molecule has 55 heavy (non-hydrogen) atoms. The van der Waals surface area contributed by atoms with Crippen LogP contribution >= 0.6 is 0 Å². The van der Waals surface area contributed by atoms with Crippen molar-refractivity contribution >= 4 is 33.1 Å². The van der Waals surface area contributed by atoms with Crippen LogP contribution in [-0.2, 0) is 40.4 Å². The number of aromatic nitrogens is 5. The molecule has 14 heteroatoms. The number of ether oxygens (including phenoxy) is 2. The normalized spacial score (nSPS) is 18.4. The molecule has 2 aromatic carbocycles. The van der Waals surface area contributed by atoms with E-state index >= 15 is 0 Å². The molecule has 0 aliphatic heterocycles. The van der Waals surface area contributed by atoms with Crippen LogP contribution < -0.4 is 14.8 Å². The van der Waals surface area contributed by atoms with Gasteiger partial charge in [-0.25, -0.2) is 27.9 Å². The average Bonchev–Trinajstić information content (AvgIpc) is 3.37. The molecule has 0 radical (unpaired) electrons. The Kier molecular flexibility index (Phi) is 10.2. The Morgan fingerprint density at radius 2 is 1.76 bits per heavy atom. The summed E-state index contributed by atoms with van der Waals surface area (Å²) in [6.07, 6.45) is 6.40. The number of carboxylic acids is 1. The quantitative estimate of drug-likeness (QED) is 0.103. The lowest BCUT2D eigenvalue weighted by atomic mass is 9.43. The van der Waals surface area contributed by atoms with Crippen molar-refractivity contribution in [2.75, 3.05) is 18.4 Å². The Hall–Kier alpha value is -4.92. The molecule has 3 N–H and O–H groups in total.